The van der Waals surface area contributed by atoms with Crippen LogP contribution in [0.15, 0.2) is 11.6 Å². The molecule has 10 nitrogen and oxygen atoms in total. The summed E-state index contributed by atoms with van der Waals surface area (Å²) in [7, 11) is 1.17. The van der Waals surface area contributed by atoms with Crippen LogP contribution in [0, 0.1) is 49.4 Å². The first-order chi connectivity index (χ1) is 24.0. The minimum Gasteiger partial charge on any atom is -0.507 e. The molecule has 0 amide bonds. The van der Waals surface area contributed by atoms with Crippen LogP contribution in [0.1, 0.15) is 110 Å². The van der Waals surface area contributed by atoms with Crippen LogP contribution in [-0.2, 0) is 19.1 Å². The van der Waals surface area contributed by atoms with Crippen LogP contribution >= 0.6 is 23.2 Å². The smallest absolute Gasteiger partial charge is 0.347 e. The first-order valence-corrected chi connectivity index (χ1v) is 18.2. The molecule has 0 bridgehead atoms. The van der Waals surface area contributed by atoms with Gasteiger partial charge in [0.15, 0.2) is 23.0 Å². The molecule has 0 saturated heterocycles. The Labute approximate surface area is 307 Å². The average Bonchev–Trinajstić information content (AvgIpc) is 3.30. The number of ketones is 1. The highest BCUT2D eigenvalue weighted by Gasteiger charge is 2.58. The van der Waals surface area contributed by atoms with E-state index in [1.54, 1.807) is 0 Å². The van der Waals surface area contributed by atoms with E-state index in [0.29, 0.717) is 23.5 Å². The number of phenols is 2. The first-order valence-electron chi connectivity index (χ1n) is 17.4. The van der Waals surface area contributed by atoms with Gasteiger partial charge in [0.25, 0.3) is 0 Å². The molecule has 0 radical (unpaired) electrons. The Balaban J connectivity index is 0.000000177. The van der Waals surface area contributed by atoms with Gasteiger partial charge in [0, 0.05) is 36.3 Å². The van der Waals surface area contributed by atoms with Crippen molar-refractivity contribution < 1.29 is 48.3 Å². The molecule has 1 aliphatic heterocycles. The van der Waals surface area contributed by atoms with Crippen LogP contribution in [-0.4, -0.2) is 47.1 Å². The molecule has 2 N–H and O–H groups in total. The van der Waals surface area contributed by atoms with Crippen molar-refractivity contribution in [2.75, 3.05) is 7.11 Å². The monoisotopic (exact) mass is 742 g/mol. The number of carbonyl (C=O) groups is 4. The summed E-state index contributed by atoms with van der Waals surface area (Å²) in [4.78, 5) is 48.5. The molecule has 0 aromatic heterocycles. The lowest BCUT2D eigenvalue weighted by atomic mass is 9.48. The van der Waals surface area contributed by atoms with Crippen LogP contribution < -0.4 is 9.47 Å². The molecule has 2 aromatic rings. The summed E-state index contributed by atoms with van der Waals surface area (Å²) in [6, 6.07) is 0. The third-order valence-electron chi connectivity index (χ3n) is 12.5. The second-order valence-electron chi connectivity index (χ2n) is 15.1. The van der Waals surface area contributed by atoms with Gasteiger partial charge < -0.3 is 29.2 Å². The van der Waals surface area contributed by atoms with Gasteiger partial charge in [-0.3, -0.25) is 9.59 Å². The van der Waals surface area contributed by atoms with Crippen molar-refractivity contribution in [2.24, 2.45) is 28.6 Å². The van der Waals surface area contributed by atoms with Crippen molar-refractivity contribution in [1.29, 1.82) is 0 Å². The number of phenolic OH excluding ortho intramolecular Hbond substituents is 2. The maximum atomic E-state index is 12.7. The van der Waals surface area contributed by atoms with Crippen molar-refractivity contribution in [2.45, 2.75) is 99.0 Å². The number of allylic oxidation sites excluding steroid dienone is 1. The zero-order valence-corrected chi connectivity index (χ0v) is 31.5. The normalized spacial score (nSPS) is 28.8. The molecule has 5 aliphatic rings. The SMILES string of the molecule is CC(=O)OC1CCC2(C)C(=CCC3C4CCC(=O)C4(C)CCC32)C1.COC(=O)c1c(C)c2c(c(C)c1O)OC(=O)c1c(C)c(Cl)c(O)c(Cl)c1O2. The Morgan fingerprint density at radius 3 is 2.18 bits per heavy atom. The Morgan fingerprint density at radius 1 is 0.863 bits per heavy atom. The standard InChI is InChI=1S/C21H30O3.C18H14Cl2O7/c1-13(22)24-15-8-10-20(2)14(12-15)4-5-16-17-6-7-19(23)21(17,3)11-9-18(16)20;1-5-9-16(11(20)13(22)10(5)19)26-14-6(2)8(17(23)25-4)12(21)7(3)15(14)27-18(9)24/h4,15-18H,5-12H2,1-3H3;21-22H,1-4H3. The lowest BCUT2D eigenvalue weighted by Gasteiger charge is -2.56. The van der Waals surface area contributed by atoms with Crippen LogP contribution in [0.4, 0.5) is 0 Å². The molecule has 12 heteroatoms. The fourth-order valence-corrected chi connectivity index (χ4v) is 10.1. The highest BCUT2D eigenvalue weighted by Crippen LogP contribution is 2.64. The van der Waals surface area contributed by atoms with Crippen molar-refractivity contribution in [3.63, 3.8) is 0 Å². The van der Waals surface area contributed by atoms with Crippen LogP contribution in [0.25, 0.3) is 0 Å². The number of ether oxygens (including phenoxy) is 4. The van der Waals surface area contributed by atoms with E-state index in [1.165, 1.54) is 46.8 Å². The Morgan fingerprint density at radius 2 is 1.51 bits per heavy atom. The summed E-state index contributed by atoms with van der Waals surface area (Å²) < 4.78 is 21.4. The molecule has 3 fully saturated rings. The summed E-state index contributed by atoms with van der Waals surface area (Å²) in [5, 5.41) is 20.1. The maximum Gasteiger partial charge on any atom is 0.347 e. The van der Waals surface area contributed by atoms with Gasteiger partial charge in [-0.25, -0.2) is 9.59 Å². The number of hydrogen-bond donors (Lipinski definition) is 2. The second-order valence-corrected chi connectivity index (χ2v) is 15.8. The van der Waals surface area contributed by atoms with E-state index in [0.717, 1.165) is 44.9 Å². The van der Waals surface area contributed by atoms with E-state index >= 15 is 0 Å². The molecular formula is C39H44Cl2O10. The Bertz CT molecular complexity index is 1900. The highest BCUT2D eigenvalue weighted by molar-refractivity contribution is 6.39. The van der Waals surface area contributed by atoms with Gasteiger partial charge in [-0.2, -0.15) is 0 Å². The molecule has 6 unspecified atom stereocenters. The number of halogens is 2. The fourth-order valence-electron chi connectivity index (χ4n) is 9.62. The van der Waals surface area contributed by atoms with Gasteiger partial charge in [-0.1, -0.05) is 48.7 Å². The number of esters is 3. The van der Waals surface area contributed by atoms with Gasteiger partial charge in [-0.05, 0) is 88.0 Å². The van der Waals surface area contributed by atoms with E-state index in [9.17, 15) is 29.4 Å². The predicted octanol–water partition coefficient (Wildman–Crippen LogP) is 8.89. The number of rotatable bonds is 2. The van der Waals surface area contributed by atoms with E-state index in [1.807, 2.05) is 0 Å². The molecule has 274 valence electrons. The molecule has 4 aliphatic carbocycles. The number of fused-ring (bicyclic) bond motifs is 7. The lowest BCUT2D eigenvalue weighted by molar-refractivity contribution is -0.148. The predicted molar refractivity (Wildman–Crippen MR) is 189 cm³/mol. The summed E-state index contributed by atoms with van der Waals surface area (Å²) in [5.41, 5.74) is 2.00. The van der Waals surface area contributed by atoms with E-state index in [-0.39, 0.29) is 78.0 Å². The van der Waals surface area contributed by atoms with E-state index in [4.69, 9.17) is 42.1 Å². The summed E-state index contributed by atoms with van der Waals surface area (Å²) in [5.74, 6) is -0.404. The molecule has 51 heavy (non-hydrogen) atoms. The molecular weight excluding hydrogens is 699 g/mol. The second kappa shape index (κ2) is 13.3. The van der Waals surface area contributed by atoms with Crippen LogP contribution in [0.2, 0.25) is 10.0 Å². The summed E-state index contributed by atoms with van der Waals surface area (Å²) in [6.45, 7) is 10.6. The fraction of sp³-hybridized carbons (Fsp3) is 0.538. The van der Waals surface area contributed by atoms with Gasteiger partial charge in [-0.15, -0.1) is 0 Å². The minimum absolute atomic E-state index is 0.0131. The average molecular weight is 744 g/mol. The van der Waals surface area contributed by atoms with Crippen molar-refractivity contribution in [3.8, 4) is 28.7 Å². The topological polar surface area (TPSA) is 146 Å². The number of Topliss-reactive ketones (excluding diaryl/α,β-unsaturated/α-hetero) is 1. The first kappa shape index (κ1) is 37.0. The largest absolute Gasteiger partial charge is 0.507 e. The zero-order chi connectivity index (χ0) is 37.3. The Kier molecular flexibility index (Phi) is 9.68. The quantitative estimate of drug-likeness (QED) is 0.174. The van der Waals surface area contributed by atoms with Gasteiger partial charge >= 0.3 is 17.9 Å². The summed E-state index contributed by atoms with van der Waals surface area (Å²) >= 11 is 12.2. The zero-order valence-electron chi connectivity index (χ0n) is 30.0. The summed E-state index contributed by atoms with van der Waals surface area (Å²) in [6.07, 6.45) is 10.8. The van der Waals surface area contributed by atoms with Crippen LogP contribution in [0.5, 0.6) is 28.7 Å². The minimum atomic E-state index is -0.835. The number of methoxy groups -OCH3 is 1. The van der Waals surface area contributed by atoms with Gasteiger partial charge in [0.05, 0.1) is 12.1 Å². The molecule has 6 atom stereocenters. The van der Waals surface area contributed by atoms with Gasteiger partial charge in [0.2, 0.25) is 0 Å². The number of carbonyl (C=O) groups excluding carboxylic acids is 4. The number of hydrogen-bond acceptors (Lipinski definition) is 10. The van der Waals surface area contributed by atoms with Crippen molar-refractivity contribution in [1.82, 2.24) is 0 Å². The number of aromatic hydroxyl groups is 2. The van der Waals surface area contributed by atoms with E-state index < -0.39 is 23.4 Å². The number of benzene rings is 2. The van der Waals surface area contributed by atoms with Gasteiger partial charge in [0.1, 0.15) is 33.8 Å². The molecule has 0 spiro atoms. The molecule has 7 rings (SSSR count). The maximum absolute atomic E-state index is 12.7. The highest BCUT2D eigenvalue weighted by atomic mass is 35.5. The molecule has 2 aromatic carbocycles. The third-order valence-corrected chi connectivity index (χ3v) is 13.3. The molecule has 3 saturated carbocycles. The lowest BCUT2D eigenvalue weighted by Crippen LogP contribution is -2.50. The Hall–Kier alpha value is -3.76. The van der Waals surface area contributed by atoms with Crippen molar-refractivity contribution >= 4 is 46.9 Å². The van der Waals surface area contributed by atoms with Crippen LogP contribution in [0.3, 0.4) is 0 Å². The van der Waals surface area contributed by atoms with Crippen molar-refractivity contribution in [3.05, 3.63) is 49.5 Å². The molecule has 1 heterocycles. The third kappa shape index (κ3) is 5.86. The van der Waals surface area contributed by atoms with E-state index in [2.05, 4.69) is 19.9 Å².